The molecule has 3 atom stereocenters. The van der Waals surface area contributed by atoms with Crippen LogP contribution in [0.25, 0.3) is 0 Å². The second-order valence-electron chi connectivity index (χ2n) is 4.43. The molecule has 0 bridgehead atoms. The molecule has 1 aromatic rings. The molecule has 0 aliphatic carbocycles. The summed E-state index contributed by atoms with van der Waals surface area (Å²) in [6, 6.07) is 1.13. The average Bonchev–Trinajstić information content (AvgIpc) is 2.67. The zero-order chi connectivity index (χ0) is 14.9. The molecule has 0 amide bonds. The highest BCUT2D eigenvalue weighted by atomic mass is 31.2. The molecule has 2 heterocycles. The van der Waals surface area contributed by atoms with Gasteiger partial charge < -0.3 is 24.2 Å². The van der Waals surface area contributed by atoms with Crippen LogP contribution in [0.5, 0.6) is 0 Å². The summed E-state index contributed by atoms with van der Waals surface area (Å²) in [6.45, 7) is -0.171. The SMILES string of the molecule is C=P(O)(O)OC[C@@H]1C[C@H](O)C(n2ccc(=O)[nH]c2=O)O1. The van der Waals surface area contributed by atoms with Crippen molar-refractivity contribution >= 4 is 13.9 Å². The Morgan fingerprint density at radius 3 is 2.85 bits per heavy atom. The molecule has 1 fully saturated rings. The zero-order valence-electron chi connectivity index (χ0n) is 10.4. The first-order chi connectivity index (χ1) is 9.26. The van der Waals surface area contributed by atoms with Crippen molar-refractivity contribution in [2.75, 3.05) is 6.61 Å². The smallest absolute Gasteiger partial charge is 0.330 e. The minimum absolute atomic E-state index is 0.149. The van der Waals surface area contributed by atoms with Gasteiger partial charge in [0.15, 0.2) is 6.23 Å². The highest BCUT2D eigenvalue weighted by molar-refractivity contribution is 7.57. The number of hydrogen-bond acceptors (Lipinski definition) is 7. The van der Waals surface area contributed by atoms with Gasteiger partial charge in [0.25, 0.3) is 5.56 Å². The third-order valence-electron chi connectivity index (χ3n) is 2.76. The fourth-order valence-electron chi connectivity index (χ4n) is 1.92. The van der Waals surface area contributed by atoms with Crippen LogP contribution in [0.3, 0.4) is 0 Å². The summed E-state index contributed by atoms with van der Waals surface area (Å²) in [5, 5.41) is 9.87. The van der Waals surface area contributed by atoms with Crippen LogP contribution in [0.15, 0.2) is 21.9 Å². The number of aromatic amines is 1. The lowest BCUT2D eigenvalue weighted by Crippen LogP contribution is -2.34. The van der Waals surface area contributed by atoms with E-state index in [1.54, 1.807) is 0 Å². The fourth-order valence-corrected chi connectivity index (χ4v) is 2.32. The van der Waals surface area contributed by atoms with E-state index in [1.807, 2.05) is 0 Å². The van der Waals surface area contributed by atoms with Crippen LogP contribution < -0.4 is 11.2 Å². The van der Waals surface area contributed by atoms with Gasteiger partial charge in [0, 0.05) is 18.7 Å². The quantitative estimate of drug-likeness (QED) is 0.491. The number of aliphatic hydroxyl groups excluding tert-OH is 1. The van der Waals surface area contributed by atoms with Crippen LogP contribution in [0, 0.1) is 0 Å². The van der Waals surface area contributed by atoms with Crippen LogP contribution >= 0.6 is 7.57 Å². The number of nitrogens with one attached hydrogen (secondary N) is 1. The van der Waals surface area contributed by atoms with Crippen LogP contribution in [-0.2, 0) is 9.26 Å². The number of hydrogen-bond donors (Lipinski definition) is 4. The van der Waals surface area contributed by atoms with Gasteiger partial charge in [0.2, 0.25) is 7.57 Å². The Labute approximate surface area is 113 Å². The predicted molar refractivity (Wildman–Crippen MR) is 70.3 cm³/mol. The normalized spacial score (nSPS) is 26.9. The first-order valence-corrected chi connectivity index (χ1v) is 7.54. The molecular weight excluding hydrogens is 291 g/mol. The Morgan fingerprint density at radius 2 is 2.25 bits per heavy atom. The minimum atomic E-state index is -3.62. The second kappa shape index (κ2) is 5.65. The summed E-state index contributed by atoms with van der Waals surface area (Å²) >= 11 is 0. The largest absolute Gasteiger partial charge is 0.388 e. The Hall–Kier alpha value is -1.22. The van der Waals surface area contributed by atoms with Gasteiger partial charge in [-0.1, -0.05) is 0 Å². The van der Waals surface area contributed by atoms with E-state index in [2.05, 4.69) is 11.3 Å². The van der Waals surface area contributed by atoms with Crippen LogP contribution in [0.4, 0.5) is 0 Å². The Kier molecular flexibility index (Phi) is 4.28. The summed E-state index contributed by atoms with van der Waals surface area (Å²) in [5.74, 6) is 0. The maximum Gasteiger partial charge on any atom is 0.330 e. The van der Waals surface area contributed by atoms with Gasteiger partial charge in [0.1, 0.15) is 6.10 Å². The monoisotopic (exact) mass is 306 g/mol. The van der Waals surface area contributed by atoms with Crippen LogP contribution in [-0.4, -0.2) is 49.6 Å². The number of aromatic nitrogens is 2. The van der Waals surface area contributed by atoms with Crippen molar-refractivity contribution in [3.63, 3.8) is 0 Å². The van der Waals surface area contributed by atoms with Crippen molar-refractivity contribution in [1.29, 1.82) is 0 Å². The molecule has 0 spiro atoms. The van der Waals surface area contributed by atoms with Crippen molar-refractivity contribution in [1.82, 2.24) is 9.55 Å². The fraction of sp³-hybridized carbons (Fsp3) is 0.500. The zero-order valence-corrected chi connectivity index (χ0v) is 11.3. The number of rotatable bonds is 4. The molecule has 1 aliphatic heterocycles. The molecule has 1 aliphatic rings. The van der Waals surface area contributed by atoms with Gasteiger partial charge in [-0.15, -0.1) is 0 Å². The summed E-state index contributed by atoms with van der Waals surface area (Å²) in [7, 11) is -3.62. The van der Waals surface area contributed by atoms with Crippen molar-refractivity contribution in [3.05, 3.63) is 33.1 Å². The first kappa shape index (κ1) is 15.2. The average molecular weight is 306 g/mol. The molecule has 0 saturated carbocycles. The maximum absolute atomic E-state index is 11.6. The van der Waals surface area contributed by atoms with E-state index in [4.69, 9.17) is 19.0 Å². The van der Waals surface area contributed by atoms with Crippen LogP contribution in [0.2, 0.25) is 0 Å². The Morgan fingerprint density at radius 1 is 1.55 bits per heavy atom. The molecule has 2 rings (SSSR count). The van der Waals surface area contributed by atoms with E-state index in [9.17, 15) is 14.7 Å². The molecule has 1 saturated heterocycles. The highest BCUT2D eigenvalue weighted by Gasteiger charge is 2.36. The lowest BCUT2D eigenvalue weighted by Gasteiger charge is -2.18. The number of aliphatic hydroxyl groups is 1. The topological polar surface area (TPSA) is 134 Å². The van der Waals surface area contributed by atoms with Gasteiger partial charge in [0.05, 0.1) is 12.7 Å². The lowest BCUT2D eigenvalue weighted by molar-refractivity contribution is -0.0512. The van der Waals surface area contributed by atoms with Crippen LogP contribution in [0.1, 0.15) is 12.6 Å². The van der Waals surface area contributed by atoms with E-state index in [-0.39, 0.29) is 13.0 Å². The Bertz CT molecular complexity index is 633. The minimum Gasteiger partial charge on any atom is -0.388 e. The van der Waals surface area contributed by atoms with E-state index in [0.717, 1.165) is 10.6 Å². The summed E-state index contributed by atoms with van der Waals surface area (Å²) < 4.78 is 11.2. The lowest BCUT2D eigenvalue weighted by atomic mass is 10.2. The maximum atomic E-state index is 11.6. The van der Waals surface area contributed by atoms with E-state index in [1.165, 1.54) is 6.20 Å². The molecule has 1 unspecified atom stereocenters. The first-order valence-electron chi connectivity index (χ1n) is 5.75. The van der Waals surface area contributed by atoms with E-state index >= 15 is 0 Å². The molecule has 9 nitrogen and oxygen atoms in total. The van der Waals surface area contributed by atoms with Gasteiger partial charge in [-0.25, -0.2) is 4.79 Å². The van der Waals surface area contributed by atoms with Gasteiger partial charge in [-0.05, 0) is 6.30 Å². The van der Waals surface area contributed by atoms with Crippen molar-refractivity contribution in [2.45, 2.75) is 24.9 Å². The van der Waals surface area contributed by atoms with Gasteiger partial charge in [-0.3, -0.25) is 14.3 Å². The second-order valence-corrected chi connectivity index (χ2v) is 6.02. The predicted octanol–water partition coefficient (Wildman–Crippen LogP) is -1.62. The third-order valence-corrected chi connectivity index (χ3v) is 3.32. The molecule has 112 valence electrons. The number of ether oxygens (including phenoxy) is 1. The molecule has 0 radical (unpaired) electrons. The summed E-state index contributed by atoms with van der Waals surface area (Å²) in [5.41, 5.74) is -1.25. The summed E-state index contributed by atoms with van der Waals surface area (Å²) in [4.78, 5) is 42.7. The van der Waals surface area contributed by atoms with E-state index in [0.29, 0.717) is 0 Å². The summed E-state index contributed by atoms with van der Waals surface area (Å²) in [6.07, 6.45) is 1.83. The standard InChI is InChI=1S/C10H15N2O7P/c1-20(16,17)18-5-6-4-7(13)9(19-6)12-3-2-8(14)11-10(12)15/h2-3,6-7,9,13,16-17H,1,4-5H2,(H,11,14,15)/t6-,7-,9?/m0/s1. The number of H-pyrrole nitrogens is 1. The Balaban J connectivity index is 2.09. The van der Waals surface area contributed by atoms with Crippen molar-refractivity contribution < 1.29 is 24.2 Å². The van der Waals surface area contributed by atoms with E-state index < -0.39 is 37.3 Å². The van der Waals surface area contributed by atoms with Gasteiger partial charge >= 0.3 is 5.69 Å². The molecule has 4 N–H and O–H groups in total. The van der Waals surface area contributed by atoms with Gasteiger partial charge in [-0.2, -0.15) is 0 Å². The molecule has 10 heteroatoms. The molecule has 0 aromatic carbocycles. The number of nitrogens with zero attached hydrogens (tertiary/aromatic N) is 1. The molecule has 1 aromatic heterocycles. The van der Waals surface area contributed by atoms with Crippen molar-refractivity contribution in [3.8, 4) is 0 Å². The molecular formula is C10H15N2O7P. The highest BCUT2D eigenvalue weighted by Crippen LogP contribution is 2.37. The molecule has 20 heavy (non-hydrogen) atoms. The third kappa shape index (κ3) is 3.66. The van der Waals surface area contributed by atoms with Crippen molar-refractivity contribution in [2.24, 2.45) is 0 Å².